The Hall–Kier alpha value is -2.67. The summed E-state index contributed by atoms with van der Waals surface area (Å²) in [5.74, 6) is 1.71. The van der Waals surface area contributed by atoms with E-state index < -0.39 is 0 Å². The van der Waals surface area contributed by atoms with E-state index in [0.717, 1.165) is 30.7 Å². The molecule has 2 atom stereocenters. The zero-order chi connectivity index (χ0) is 19.5. The summed E-state index contributed by atoms with van der Waals surface area (Å²) in [5, 5.41) is 15.0. The number of aromatic nitrogens is 4. The molecule has 4 rings (SSSR count). The molecule has 0 saturated carbocycles. The van der Waals surface area contributed by atoms with Gasteiger partial charge < -0.3 is 16.0 Å². The Morgan fingerprint density at radius 3 is 2.68 bits per heavy atom. The molecule has 1 aromatic carbocycles. The summed E-state index contributed by atoms with van der Waals surface area (Å²) in [7, 11) is 0. The third kappa shape index (κ3) is 3.94. The van der Waals surface area contributed by atoms with Gasteiger partial charge in [0, 0.05) is 18.2 Å². The fourth-order valence-corrected chi connectivity index (χ4v) is 3.64. The quantitative estimate of drug-likeness (QED) is 0.607. The van der Waals surface area contributed by atoms with Crippen LogP contribution in [-0.4, -0.2) is 38.7 Å². The Kier molecular flexibility index (Phi) is 5.43. The number of nitrogens with one attached hydrogen (secondary N) is 3. The average molecular weight is 380 g/mol. The number of piperidine rings is 1. The Bertz CT molecular complexity index is 913. The first-order chi connectivity index (χ1) is 13.6. The van der Waals surface area contributed by atoms with E-state index in [1.54, 1.807) is 0 Å². The van der Waals surface area contributed by atoms with Crippen molar-refractivity contribution >= 4 is 17.5 Å². The monoisotopic (exact) mass is 379 g/mol. The molecule has 3 N–H and O–H groups in total. The summed E-state index contributed by atoms with van der Waals surface area (Å²) < 4.78 is 1.82. The third-order valence-electron chi connectivity index (χ3n) is 5.29. The maximum Gasteiger partial charge on any atom is 0.229 e. The normalized spacial score (nSPS) is 18.4. The van der Waals surface area contributed by atoms with Gasteiger partial charge in [-0.05, 0) is 37.8 Å². The zero-order valence-corrected chi connectivity index (χ0v) is 16.8. The smallest absolute Gasteiger partial charge is 0.229 e. The second-order valence-electron chi connectivity index (χ2n) is 7.83. The van der Waals surface area contributed by atoms with Crippen molar-refractivity contribution in [1.29, 1.82) is 0 Å². The lowest BCUT2D eigenvalue weighted by atomic mass is 10.1. The number of nitrogens with zero attached hydrogens (tertiary/aromatic N) is 4. The predicted molar refractivity (Wildman–Crippen MR) is 113 cm³/mol. The highest BCUT2D eigenvalue weighted by Gasteiger charge is 2.19. The van der Waals surface area contributed by atoms with Crippen LogP contribution in [0.5, 0.6) is 0 Å². The molecule has 148 valence electrons. The molecular weight excluding hydrogens is 350 g/mol. The molecular formula is C21H29N7. The summed E-state index contributed by atoms with van der Waals surface area (Å²) in [5.41, 5.74) is 3.19. The fraction of sp³-hybridized carbons (Fsp3) is 0.476. The van der Waals surface area contributed by atoms with Crippen molar-refractivity contribution in [2.75, 3.05) is 23.7 Å². The number of rotatable bonds is 6. The topological polar surface area (TPSA) is 79.2 Å². The largest absolute Gasteiger partial charge is 0.350 e. The highest BCUT2D eigenvalue weighted by Crippen LogP contribution is 2.25. The number of hydrogen-bond acceptors (Lipinski definition) is 6. The highest BCUT2D eigenvalue weighted by molar-refractivity contribution is 5.56. The van der Waals surface area contributed by atoms with Crippen molar-refractivity contribution < 1.29 is 0 Å². The molecule has 0 bridgehead atoms. The van der Waals surface area contributed by atoms with Crippen LogP contribution in [0.15, 0.2) is 36.5 Å². The molecule has 7 heteroatoms. The summed E-state index contributed by atoms with van der Waals surface area (Å²) in [6.45, 7) is 8.48. The predicted octanol–water partition coefficient (Wildman–Crippen LogP) is 3.58. The summed E-state index contributed by atoms with van der Waals surface area (Å²) in [6.07, 6.45) is 4.19. The number of benzene rings is 1. The van der Waals surface area contributed by atoms with Crippen molar-refractivity contribution in [3.63, 3.8) is 0 Å². The minimum Gasteiger partial charge on any atom is -0.350 e. The van der Waals surface area contributed by atoms with Gasteiger partial charge in [-0.1, -0.05) is 44.2 Å². The van der Waals surface area contributed by atoms with Gasteiger partial charge in [-0.15, -0.1) is 0 Å². The van der Waals surface area contributed by atoms with Crippen LogP contribution in [0.4, 0.5) is 11.9 Å². The van der Waals surface area contributed by atoms with Crippen LogP contribution in [0.3, 0.4) is 0 Å². The minimum absolute atomic E-state index is 0.107. The molecule has 1 aliphatic heterocycles. The molecule has 3 heterocycles. The molecule has 1 saturated heterocycles. The first-order valence-electron chi connectivity index (χ1n) is 10.2. The number of hydrogen-bond donors (Lipinski definition) is 3. The molecule has 0 aliphatic carbocycles. The summed E-state index contributed by atoms with van der Waals surface area (Å²) in [4.78, 5) is 9.57. The van der Waals surface area contributed by atoms with Gasteiger partial charge in [0.2, 0.25) is 11.9 Å². The van der Waals surface area contributed by atoms with Gasteiger partial charge in [0.05, 0.1) is 12.2 Å². The minimum atomic E-state index is 0.107. The van der Waals surface area contributed by atoms with Crippen molar-refractivity contribution in [3.8, 4) is 0 Å². The van der Waals surface area contributed by atoms with Gasteiger partial charge in [-0.2, -0.15) is 19.6 Å². The van der Waals surface area contributed by atoms with E-state index in [9.17, 15) is 0 Å². The fourth-order valence-electron chi connectivity index (χ4n) is 3.64. The van der Waals surface area contributed by atoms with Crippen molar-refractivity contribution in [1.82, 2.24) is 24.9 Å². The van der Waals surface area contributed by atoms with Gasteiger partial charge in [0.15, 0.2) is 5.65 Å². The van der Waals surface area contributed by atoms with Crippen LogP contribution in [0.1, 0.15) is 56.7 Å². The molecule has 0 spiro atoms. The van der Waals surface area contributed by atoms with Gasteiger partial charge >= 0.3 is 0 Å². The Morgan fingerprint density at radius 2 is 1.96 bits per heavy atom. The second kappa shape index (κ2) is 8.14. The maximum absolute atomic E-state index is 4.80. The molecule has 2 unspecified atom stereocenters. The summed E-state index contributed by atoms with van der Waals surface area (Å²) >= 11 is 0. The van der Waals surface area contributed by atoms with E-state index in [-0.39, 0.29) is 6.04 Å². The van der Waals surface area contributed by atoms with Gasteiger partial charge in [0.1, 0.15) is 0 Å². The SMILES string of the molecule is CC(C)c1cnn2c(NC(C)c3ccccc3)nc(NC3CCCNC3)nc12. The van der Waals surface area contributed by atoms with E-state index in [0.29, 0.717) is 23.9 Å². The molecule has 7 nitrogen and oxygen atoms in total. The van der Waals surface area contributed by atoms with E-state index in [1.165, 1.54) is 12.0 Å². The van der Waals surface area contributed by atoms with Gasteiger partial charge in [-0.25, -0.2) is 0 Å². The molecule has 2 aromatic heterocycles. The molecule has 0 radical (unpaired) electrons. The van der Waals surface area contributed by atoms with E-state index in [2.05, 4.69) is 66.1 Å². The molecule has 28 heavy (non-hydrogen) atoms. The average Bonchev–Trinajstić information content (AvgIpc) is 3.14. The summed E-state index contributed by atoms with van der Waals surface area (Å²) in [6, 6.07) is 10.8. The van der Waals surface area contributed by atoms with Crippen LogP contribution in [0, 0.1) is 0 Å². The Balaban J connectivity index is 1.68. The molecule has 0 amide bonds. The van der Waals surface area contributed by atoms with Crippen LogP contribution in [0.2, 0.25) is 0 Å². The van der Waals surface area contributed by atoms with Crippen LogP contribution in [-0.2, 0) is 0 Å². The van der Waals surface area contributed by atoms with Crippen LogP contribution >= 0.6 is 0 Å². The van der Waals surface area contributed by atoms with Crippen LogP contribution in [0.25, 0.3) is 5.65 Å². The van der Waals surface area contributed by atoms with Crippen LogP contribution < -0.4 is 16.0 Å². The number of fused-ring (bicyclic) bond motifs is 1. The standard InChI is InChI=1S/C21H29N7/c1-14(2)18-13-23-28-19(18)26-20(25-17-10-7-11-22-12-17)27-21(28)24-15(3)16-8-5-4-6-9-16/h4-6,8-9,13-15,17,22H,7,10-12H2,1-3H3,(H2,24,25,26,27). The Morgan fingerprint density at radius 1 is 1.14 bits per heavy atom. The first-order valence-corrected chi connectivity index (χ1v) is 10.2. The Labute approximate surface area is 166 Å². The van der Waals surface area contributed by atoms with Gasteiger partial charge in [-0.3, -0.25) is 0 Å². The van der Waals surface area contributed by atoms with Crippen molar-refractivity contribution in [3.05, 3.63) is 47.7 Å². The first kappa shape index (κ1) is 18.7. The lowest BCUT2D eigenvalue weighted by Gasteiger charge is -2.24. The lowest BCUT2D eigenvalue weighted by Crippen LogP contribution is -2.39. The number of anilines is 2. The van der Waals surface area contributed by atoms with Crippen molar-refractivity contribution in [2.45, 2.75) is 51.6 Å². The lowest BCUT2D eigenvalue weighted by molar-refractivity contribution is 0.478. The molecule has 1 fully saturated rings. The van der Waals surface area contributed by atoms with Crippen molar-refractivity contribution in [2.24, 2.45) is 0 Å². The molecule has 1 aliphatic rings. The van der Waals surface area contributed by atoms with E-state index >= 15 is 0 Å². The van der Waals surface area contributed by atoms with Gasteiger partial charge in [0.25, 0.3) is 0 Å². The third-order valence-corrected chi connectivity index (χ3v) is 5.29. The van der Waals surface area contributed by atoms with E-state index in [4.69, 9.17) is 9.97 Å². The second-order valence-corrected chi connectivity index (χ2v) is 7.83. The maximum atomic E-state index is 4.80. The molecule has 3 aromatic rings. The highest BCUT2D eigenvalue weighted by atomic mass is 15.4. The van der Waals surface area contributed by atoms with E-state index in [1.807, 2.05) is 16.8 Å². The zero-order valence-electron chi connectivity index (χ0n) is 16.8.